The van der Waals surface area contributed by atoms with Crippen molar-refractivity contribution in [1.82, 2.24) is 25.5 Å². The summed E-state index contributed by atoms with van der Waals surface area (Å²) in [5.41, 5.74) is 6.15. The minimum absolute atomic E-state index is 0.275. The maximum atomic E-state index is 12.1. The van der Waals surface area contributed by atoms with Gasteiger partial charge in [0, 0.05) is 31.5 Å². The van der Waals surface area contributed by atoms with Gasteiger partial charge in [-0.3, -0.25) is 9.52 Å². The summed E-state index contributed by atoms with van der Waals surface area (Å²) in [5.74, 6) is 0. The highest BCUT2D eigenvalue weighted by Gasteiger charge is 2.36. The van der Waals surface area contributed by atoms with Crippen LogP contribution in [0, 0.1) is 6.92 Å². The fraction of sp³-hybridized carbons (Fsp3) is 0.440. The lowest BCUT2D eigenvalue weighted by Crippen LogP contribution is -2.45. The fourth-order valence-corrected chi connectivity index (χ4v) is 4.38. The van der Waals surface area contributed by atoms with E-state index in [1.54, 1.807) is 12.2 Å². The third-order valence-electron chi connectivity index (χ3n) is 6.23. The van der Waals surface area contributed by atoms with Gasteiger partial charge in [-0.1, -0.05) is 50.1 Å². The average Bonchev–Trinajstić information content (AvgIpc) is 3.43. The van der Waals surface area contributed by atoms with Crippen molar-refractivity contribution in [2.45, 2.75) is 58.3 Å². The Balaban J connectivity index is 1.52. The Morgan fingerprint density at radius 1 is 1.21 bits per heavy atom. The summed E-state index contributed by atoms with van der Waals surface area (Å²) in [7, 11) is 3.15. The minimum atomic E-state index is -0.553. The molecule has 9 nitrogen and oxygen atoms in total. The van der Waals surface area contributed by atoms with Crippen LogP contribution in [0.1, 0.15) is 49.4 Å². The van der Waals surface area contributed by atoms with Crippen LogP contribution < -0.4 is 10.5 Å². The molecule has 1 aromatic heterocycles. The summed E-state index contributed by atoms with van der Waals surface area (Å²) >= 11 is 0. The molecule has 0 radical (unpaired) electrons. The van der Waals surface area contributed by atoms with E-state index in [2.05, 4.69) is 52.5 Å². The monoisotopic (exact) mass is 466 g/mol. The molecule has 182 valence electrons. The molecule has 1 aliphatic carbocycles. The molecule has 1 saturated heterocycles. The standard InChI is InChI=1S/C25H34N6O3/c1-5-6-10-17-29-23(13-16-26-29)25(14-8-7-9-15-25)34-19-21-11-12-22(20(2)18-21)30-27-24(32)28(3)31(30)33-4/h7-9,11-14,16,18H,5-6,10,15,17,19H2,1-4H3,(H,27,32). The normalized spacial score (nSPS) is 20.4. The molecule has 2 amide bonds. The van der Waals surface area contributed by atoms with Crippen molar-refractivity contribution in [1.29, 1.82) is 0 Å². The highest BCUT2D eigenvalue weighted by Crippen LogP contribution is 2.35. The van der Waals surface area contributed by atoms with E-state index in [4.69, 9.17) is 9.57 Å². The largest absolute Gasteiger partial charge is 0.360 e. The number of hydrogen-bond donors (Lipinski definition) is 1. The molecule has 34 heavy (non-hydrogen) atoms. The topological polar surface area (TPSA) is 75.1 Å². The molecule has 2 aliphatic rings. The number of ether oxygens (including phenoxy) is 1. The van der Waals surface area contributed by atoms with Crippen LogP contribution in [-0.2, 0) is 28.3 Å². The number of urea groups is 1. The zero-order chi connectivity index (χ0) is 24.1. The number of allylic oxidation sites excluding steroid dienone is 2. The van der Waals surface area contributed by atoms with Gasteiger partial charge >= 0.3 is 6.03 Å². The molecule has 1 N–H and O–H groups in total. The van der Waals surface area contributed by atoms with Crippen LogP contribution >= 0.6 is 0 Å². The first-order chi connectivity index (χ1) is 16.5. The zero-order valence-corrected chi connectivity index (χ0v) is 20.4. The number of aryl methyl sites for hydroxylation is 2. The number of anilines is 1. The number of carbonyl (C=O) groups excluding carboxylic acids is 1. The second kappa shape index (κ2) is 10.4. The molecule has 1 atom stereocenters. The molecule has 1 aromatic carbocycles. The number of hydrogen-bond acceptors (Lipinski definition) is 6. The van der Waals surface area contributed by atoms with Crippen LogP contribution in [0.15, 0.2) is 54.8 Å². The van der Waals surface area contributed by atoms with Crippen molar-refractivity contribution in [2.24, 2.45) is 0 Å². The number of rotatable bonds is 10. The molecule has 2 heterocycles. The van der Waals surface area contributed by atoms with Gasteiger partial charge in [0.05, 0.1) is 25.1 Å². The predicted octanol–water partition coefficient (Wildman–Crippen LogP) is 4.38. The van der Waals surface area contributed by atoms with Gasteiger partial charge in [-0.25, -0.2) is 15.2 Å². The van der Waals surface area contributed by atoms with Gasteiger partial charge in [-0.05, 0) is 42.7 Å². The lowest BCUT2D eigenvalue weighted by molar-refractivity contribution is -0.228. The second-order valence-corrected chi connectivity index (χ2v) is 8.62. The Morgan fingerprint density at radius 2 is 2.06 bits per heavy atom. The zero-order valence-electron chi connectivity index (χ0n) is 20.4. The lowest BCUT2D eigenvalue weighted by atomic mass is 9.91. The Morgan fingerprint density at radius 3 is 2.76 bits per heavy atom. The van der Waals surface area contributed by atoms with Crippen molar-refractivity contribution < 1.29 is 14.4 Å². The van der Waals surface area contributed by atoms with Crippen molar-refractivity contribution in [3.05, 3.63) is 71.6 Å². The number of nitrogens with zero attached hydrogens (tertiary/aromatic N) is 5. The van der Waals surface area contributed by atoms with Gasteiger partial charge in [0.1, 0.15) is 5.60 Å². The highest BCUT2D eigenvalue weighted by atomic mass is 16.8. The van der Waals surface area contributed by atoms with Crippen molar-refractivity contribution in [3.63, 3.8) is 0 Å². The molecule has 0 spiro atoms. The van der Waals surface area contributed by atoms with E-state index in [1.807, 2.05) is 31.3 Å². The number of unbranched alkanes of at least 4 members (excludes halogenated alkanes) is 2. The minimum Gasteiger partial charge on any atom is -0.360 e. The fourth-order valence-electron chi connectivity index (χ4n) is 4.38. The first kappa shape index (κ1) is 24.0. The van der Waals surface area contributed by atoms with E-state index in [0.29, 0.717) is 6.61 Å². The van der Waals surface area contributed by atoms with Crippen LogP contribution in [0.25, 0.3) is 0 Å². The van der Waals surface area contributed by atoms with Gasteiger partial charge in [-0.2, -0.15) is 10.2 Å². The number of aromatic nitrogens is 2. The number of hydrazine groups is 3. The van der Waals surface area contributed by atoms with Gasteiger partial charge < -0.3 is 4.74 Å². The molecule has 2 aromatic rings. The van der Waals surface area contributed by atoms with E-state index in [-0.39, 0.29) is 6.03 Å². The third kappa shape index (κ3) is 4.72. The van der Waals surface area contributed by atoms with E-state index >= 15 is 0 Å². The van der Waals surface area contributed by atoms with Gasteiger partial charge in [0.25, 0.3) is 0 Å². The van der Waals surface area contributed by atoms with Crippen molar-refractivity contribution in [3.8, 4) is 0 Å². The van der Waals surface area contributed by atoms with E-state index in [9.17, 15) is 4.79 Å². The maximum absolute atomic E-state index is 12.1. The van der Waals surface area contributed by atoms with Gasteiger partial charge in [0.2, 0.25) is 0 Å². The highest BCUT2D eigenvalue weighted by molar-refractivity contribution is 5.78. The van der Waals surface area contributed by atoms with Crippen molar-refractivity contribution >= 4 is 11.7 Å². The Kier molecular flexibility index (Phi) is 7.35. The van der Waals surface area contributed by atoms with Crippen molar-refractivity contribution in [2.75, 3.05) is 19.3 Å². The third-order valence-corrected chi connectivity index (χ3v) is 6.23. The van der Waals surface area contributed by atoms with E-state index in [1.165, 1.54) is 30.2 Å². The quantitative estimate of drug-likeness (QED) is 0.524. The van der Waals surface area contributed by atoms with Crippen LogP contribution in [0.5, 0.6) is 0 Å². The molecule has 0 bridgehead atoms. The molecule has 1 unspecified atom stereocenters. The smallest absolute Gasteiger partial charge is 0.355 e. The Bertz CT molecular complexity index is 1060. The average molecular weight is 467 g/mol. The number of amides is 2. The summed E-state index contributed by atoms with van der Waals surface area (Å²) in [6.45, 7) is 5.54. The maximum Gasteiger partial charge on any atom is 0.355 e. The molecule has 0 saturated carbocycles. The predicted molar refractivity (Wildman–Crippen MR) is 130 cm³/mol. The SMILES string of the molecule is CCCCCn1nccc1C1(OCc2ccc(N3NC(=O)N(C)N3OC)c(C)c2)C=CC=CC1. The summed E-state index contributed by atoms with van der Waals surface area (Å²) in [4.78, 5) is 17.4. The molecular weight excluding hydrogens is 432 g/mol. The van der Waals surface area contributed by atoms with E-state index in [0.717, 1.165) is 41.9 Å². The van der Waals surface area contributed by atoms with Gasteiger partial charge in [-0.15, -0.1) is 0 Å². The van der Waals surface area contributed by atoms with Crippen LogP contribution in [0.2, 0.25) is 0 Å². The second-order valence-electron chi connectivity index (χ2n) is 8.62. The summed E-state index contributed by atoms with van der Waals surface area (Å²) in [6, 6.07) is 7.83. The first-order valence-corrected chi connectivity index (χ1v) is 11.8. The Hall–Kier alpha value is -3.14. The summed E-state index contributed by atoms with van der Waals surface area (Å²) < 4.78 is 8.70. The molecule has 1 fully saturated rings. The van der Waals surface area contributed by atoms with E-state index < -0.39 is 5.60 Å². The molecule has 1 aliphatic heterocycles. The first-order valence-electron chi connectivity index (χ1n) is 11.8. The van der Waals surface area contributed by atoms with Crippen LogP contribution in [-0.4, -0.2) is 40.3 Å². The lowest BCUT2D eigenvalue weighted by Gasteiger charge is -2.32. The number of nitrogens with one attached hydrogen (secondary N) is 1. The number of carbonyl (C=O) groups is 1. The van der Waals surface area contributed by atoms with Crippen LogP contribution in [0.3, 0.4) is 0 Å². The Labute approximate surface area is 201 Å². The molecule has 9 heteroatoms. The summed E-state index contributed by atoms with van der Waals surface area (Å²) in [5, 5.41) is 8.88. The molecule has 4 rings (SSSR count). The summed E-state index contributed by atoms with van der Waals surface area (Å²) in [6.07, 6.45) is 14.5. The molecular formula is C25H34N6O3. The van der Waals surface area contributed by atoms with Crippen LogP contribution in [0.4, 0.5) is 10.5 Å². The number of benzene rings is 1. The van der Waals surface area contributed by atoms with Gasteiger partial charge in [0.15, 0.2) is 0 Å².